The Kier molecular flexibility index (Phi) is 4.33. The highest BCUT2D eigenvalue weighted by Gasteiger charge is 2.35. The number of carboxylic acid groups (broad SMARTS) is 1. The number of halogens is 2. The number of nitrogens with zero attached hydrogens (tertiary/aromatic N) is 3. The summed E-state index contributed by atoms with van der Waals surface area (Å²) in [7, 11) is 0. The molecular formula is C20H17F2N3O3. The summed E-state index contributed by atoms with van der Waals surface area (Å²) in [5.74, 6) is -3.97. The summed E-state index contributed by atoms with van der Waals surface area (Å²) < 4.78 is 28.3. The van der Waals surface area contributed by atoms with E-state index >= 15 is 0 Å². The molecule has 1 N–H and O–H groups in total. The third-order valence-electron chi connectivity index (χ3n) is 4.96. The number of rotatable bonds is 3. The molecule has 4 rings (SSSR count). The molecule has 6 nitrogen and oxygen atoms in total. The molecule has 3 aromatic rings. The first kappa shape index (κ1) is 18.1. The van der Waals surface area contributed by atoms with Crippen molar-refractivity contribution in [1.29, 1.82) is 0 Å². The lowest BCUT2D eigenvalue weighted by Gasteiger charge is -2.31. The van der Waals surface area contributed by atoms with Crippen LogP contribution < -0.4 is 0 Å². The zero-order chi connectivity index (χ0) is 19.9. The van der Waals surface area contributed by atoms with Crippen LogP contribution in [0, 0.1) is 0 Å². The first-order chi connectivity index (χ1) is 13.3. The van der Waals surface area contributed by atoms with Crippen LogP contribution >= 0.6 is 0 Å². The number of likely N-dealkylation sites (tertiary alicyclic amines) is 1. The molecule has 1 aromatic heterocycles. The van der Waals surface area contributed by atoms with E-state index in [0.717, 1.165) is 10.9 Å². The van der Waals surface area contributed by atoms with Gasteiger partial charge in [0.2, 0.25) is 0 Å². The topological polar surface area (TPSA) is 75.4 Å². The number of carboxylic acids is 1. The van der Waals surface area contributed by atoms with Gasteiger partial charge in [0.05, 0.1) is 23.0 Å². The summed E-state index contributed by atoms with van der Waals surface area (Å²) in [5.41, 5.74) is 2.06. The van der Waals surface area contributed by atoms with Crippen molar-refractivity contribution in [3.8, 4) is 5.69 Å². The fourth-order valence-corrected chi connectivity index (χ4v) is 3.34. The van der Waals surface area contributed by atoms with Crippen LogP contribution in [-0.2, 0) is 0 Å². The fourth-order valence-electron chi connectivity index (χ4n) is 3.34. The molecule has 0 unspecified atom stereocenters. The van der Waals surface area contributed by atoms with Gasteiger partial charge in [-0.15, -0.1) is 0 Å². The molecule has 28 heavy (non-hydrogen) atoms. The van der Waals surface area contributed by atoms with Gasteiger partial charge in [0.25, 0.3) is 11.8 Å². The van der Waals surface area contributed by atoms with Crippen molar-refractivity contribution in [2.75, 3.05) is 13.1 Å². The third-order valence-corrected chi connectivity index (χ3v) is 4.96. The summed E-state index contributed by atoms with van der Waals surface area (Å²) >= 11 is 0. The van der Waals surface area contributed by atoms with Gasteiger partial charge in [-0.1, -0.05) is 0 Å². The zero-order valence-corrected chi connectivity index (χ0v) is 14.8. The number of hydrogen-bond donors (Lipinski definition) is 1. The molecule has 2 aromatic carbocycles. The highest BCUT2D eigenvalue weighted by molar-refractivity contribution is 5.98. The van der Waals surface area contributed by atoms with Gasteiger partial charge in [0, 0.05) is 36.9 Å². The van der Waals surface area contributed by atoms with E-state index in [0.29, 0.717) is 11.3 Å². The smallest absolute Gasteiger partial charge is 0.335 e. The standard InChI is InChI=1S/C20H17F2N3O3/c21-20(22)7-9-24(10-8-20)18(26)14-3-6-17-15(11-14)12-23-25(17)16-4-1-13(2-5-16)19(27)28/h1-6,11-12H,7-10H2,(H,27,28). The van der Waals surface area contributed by atoms with Crippen molar-refractivity contribution in [2.45, 2.75) is 18.8 Å². The van der Waals surface area contributed by atoms with E-state index in [9.17, 15) is 18.4 Å². The molecule has 0 bridgehead atoms. The van der Waals surface area contributed by atoms with Gasteiger partial charge in [-0.2, -0.15) is 5.10 Å². The summed E-state index contributed by atoms with van der Waals surface area (Å²) in [5, 5.41) is 14.0. The minimum atomic E-state index is -2.70. The summed E-state index contributed by atoms with van der Waals surface area (Å²) in [6, 6.07) is 11.4. The number of aromatic carboxylic acids is 1. The second-order valence-corrected chi connectivity index (χ2v) is 6.83. The number of alkyl halides is 2. The molecular weight excluding hydrogens is 368 g/mol. The normalized spacial score (nSPS) is 16.3. The molecule has 8 heteroatoms. The lowest BCUT2D eigenvalue weighted by atomic mass is 10.0. The molecule has 144 valence electrons. The molecule has 0 radical (unpaired) electrons. The average molecular weight is 385 g/mol. The molecule has 0 spiro atoms. The Bertz CT molecular complexity index is 1050. The van der Waals surface area contributed by atoms with Gasteiger partial charge >= 0.3 is 5.97 Å². The lowest BCUT2D eigenvalue weighted by Crippen LogP contribution is -2.42. The Hall–Kier alpha value is -3.29. The maximum absolute atomic E-state index is 13.3. The van der Waals surface area contributed by atoms with Gasteiger partial charge in [-0.3, -0.25) is 4.79 Å². The summed E-state index contributed by atoms with van der Waals surface area (Å²) in [6.45, 7) is 0.0815. The Balaban J connectivity index is 1.59. The van der Waals surface area contributed by atoms with E-state index in [-0.39, 0.29) is 37.4 Å². The van der Waals surface area contributed by atoms with Crippen molar-refractivity contribution < 1.29 is 23.5 Å². The van der Waals surface area contributed by atoms with Gasteiger partial charge in [-0.05, 0) is 42.5 Å². The molecule has 2 heterocycles. The molecule has 0 saturated carbocycles. The predicted molar refractivity (Wildman–Crippen MR) is 98.1 cm³/mol. The minimum absolute atomic E-state index is 0.0407. The quantitative estimate of drug-likeness (QED) is 0.748. The number of hydrogen-bond acceptors (Lipinski definition) is 3. The Labute approximate surface area is 159 Å². The molecule has 1 amide bonds. The van der Waals surface area contributed by atoms with Gasteiger partial charge in [0.1, 0.15) is 0 Å². The zero-order valence-electron chi connectivity index (χ0n) is 14.8. The second kappa shape index (κ2) is 6.70. The van der Waals surface area contributed by atoms with Crippen LogP contribution in [-0.4, -0.2) is 50.7 Å². The predicted octanol–water partition coefficient (Wildman–Crippen LogP) is 3.60. The summed E-state index contributed by atoms with van der Waals surface area (Å²) in [4.78, 5) is 25.1. The van der Waals surface area contributed by atoms with Gasteiger partial charge in [-0.25, -0.2) is 18.3 Å². The molecule has 1 aliphatic heterocycles. The van der Waals surface area contributed by atoms with Crippen LogP contribution in [0.25, 0.3) is 16.6 Å². The molecule has 0 atom stereocenters. The summed E-state index contributed by atoms with van der Waals surface area (Å²) in [6.07, 6.45) is 0.984. The molecule has 1 fully saturated rings. The minimum Gasteiger partial charge on any atom is -0.478 e. The first-order valence-electron chi connectivity index (χ1n) is 8.83. The number of carbonyl (C=O) groups is 2. The van der Waals surface area contributed by atoms with E-state index in [4.69, 9.17) is 5.11 Å². The van der Waals surface area contributed by atoms with Crippen LogP contribution in [0.3, 0.4) is 0 Å². The van der Waals surface area contributed by atoms with Crippen molar-refractivity contribution in [2.24, 2.45) is 0 Å². The van der Waals surface area contributed by atoms with Crippen LogP contribution in [0.15, 0.2) is 48.7 Å². The number of carbonyl (C=O) groups excluding carboxylic acids is 1. The molecule has 1 saturated heterocycles. The first-order valence-corrected chi connectivity index (χ1v) is 8.83. The maximum atomic E-state index is 13.3. The molecule has 0 aliphatic carbocycles. The number of benzene rings is 2. The number of piperidine rings is 1. The lowest BCUT2D eigenvalue weighted by molar-refractivity contribution is -0.0494. The van der Waals surface area contributed by atoms with Crippen molar-refractivity contribution in [3.63, 3.8) is 0 Å². The average Bonchev–Trinajstić information content (AvgIpc) is 3.10. The van der Waals surface area contributed by atoms with Crippen LogP contribution in [0.1, 0.15) is 33.6 Å². The SMILES string of the molecule is O=C(O)c1ccc(-n2ncc3cc(C(=O)N4CCC(F)(F)CC4)ccc32)cc1. The Morgan fingerprint density at radius 3 is 2.29 bits per heavy atom. The monoisotopic (exact) mass is 385 g/mol. The van der Waals surface area contributed by atoms with Gasteiger partial charge in [0.15, 0.2) is 0 Å². The van der Waals surface area contributed by atoms with Gasteiger partial charge < -0.3 is 10.0 Å². The number of fused-ring (bicyclic) bond motifs is 1. The third kappa shape index (κ3) is 3.33. The van der Waals surface area contributed by atoms with E-state index in [1.54, 1.807) is 41.2 Å². The van der Waals surface area contributed by atoms with E-state index in [2.05, 4.69) is 5.10 Å². The molecule has 1 aliphatic rings. The van der Waals surface area contributed by atoms with Crippen molar-refractivity contribution >= 4 is 22.8 Å². The largest absolute Gasteiger partial charge is 0.478 e. The fraction of sp³-hybridized carbons (Fsp3) is 0.250. The van der Waals surface area contributed by atoms with Crippen LogP contribution in [0.2, 0.25) is 0 Å². The highest BCUT2D eigenvalue weighted by Crippen LogP contribution is 2.29. The highest BCUT2D eigenvalue weighted by atomic mass is 19.3. The van der Waals surface area contributed by atoms with Crippen LogP contribution in [0.5, 0.6) is 0 Å². The number of aromatic nitrogens is 2. The van der Waals surface area contributed by atoms with Crippen molar-refractivity contribution in [1.82, 2.24) is 14.7 Å². The maximum Gasteiger partial charge on any atom is 0.335 e. The Morgan fingerprint density at radius 1 is 1.00 bits per heavy atom. The van der Waals surface area contributed by atoms with E-state index in [1.807, 2.05) is 0 Å². The van der Waals surface area contributed by atoms with E-state index < -0.39 is 11.9 Å². The number of amides is 1. The second-order valence-electron chi connectivity index (χ2n) is 6.83. The van der Waals surface area contributed by atoms with Crippen LogP contribution in [0.4, 0.5) is 8.78 Å². The Morgan fingerprint density at radius 2 is 1.64 bits per heavy atom. The van der Waals surface area contributed by atoms with E-state index in [1.165, 1.54) is 17.0 Å². The van der Waals surface area contributed by atoms with Crippen molar-refractivity contribution in [3.05, 3.63) is 59.8 Å².